The number of ether oxygens (including phenoxy) is 2. The molecule has 1 N–H and O–H groups in total. The number of hydrazine groups is 1. The number of carbonyl (C=O) groups is 1. The van der Waals surface area contributed by atoms with Crippen molar-refractivity contribution < 1.29 is 27.4 Å². The Morgan fingerprint density at radius 3 is 2.68 bits per heavy atom. The highest BCUT2D eigenvalue weighted by Gasteiger charge is 2.31. The van der Waals surface area contributed by atoms with Gasteiger partial charge >= 0.3 is 0 Å². The largest absolute Gasteiger partial charge is 0.489 e. The summed E-state index contributed by atoms with van der Waals surface area (Å²) in [4.78, 5) is 16.4. The molecule has 2 aliphatic heterocycles. The zero-order valence-corrected chi connectivity index (χ0v) is 20.6. The van der Waals surface area contributed by atoms with Gasteiger partial charge in [0.2, 0.25) is 0 Å². The van der Waals surface area contributed by atoms with E-state index in [-0.39, 0.29) is 17.0 Å². The highest BCUT2D eigenvalue weighted by Crippen LogP contribution is 2.40. The van der Waals surface area contributed by atoms with Gasteiger partial charge in [-0.1, -0.05) is 12.1 Å². The third-order valence-corrected chi connectivity index (χ3v) is 7.51. The van der Waals surface area contributed by atoms with E-state index >= 15 is 0 Å². The van der Waals surface area contributed by atoms with E-state index in [1.807, 2.05) is 29.2 Å². The molecule has 8 nitrogen and oxygen atoms in total. The average Bonchev–Trinajstić information content (AvgIpc) is 3.41. The van der Waals surface area contributed by atoms with E-state index in [4.69, 9.17) is 9.47 Å². The number of anilines is 2. The Balaban J connectivity index is 1.47. The number of amides is 1. The van der Waals surface area contributed by atoms with Gasteiger partial charge in [0.15, 0.2) is 17.5 Å². The molecule has 4 heterocycles. The SMILES string of the molecule is Cc1nn2c(N3CCOCC3)c(C(=O)NN3CCOc4ccccc43)sc2c1-c1cc(F)cc(F)c1F. The topological polar surface area (TPSA) is 71.3 Å². The zero-order chi connectivity index (χ0) is 25.7. The number of hydrogen-bond donors (Lipinski definition) is 1. The maximum atomic E-state index is 14.8. The molecule has 192 valence electrons. The normalized spacial score (nSPS) is 15.6. The number of nitrogens with one attached hydrogen (secondary N) is 1. The van der Waals surface area contributed by atoms with Gasteiger partial charge in [0.1, 0.15) is 27.9 Å². The number of carbonyl (C=O) groups excluding carboxylic acids is 1. The van der Waals surface area contributed by atoms with Gasteiger partial charge in [-0.3, -0.25) is 15.2 Å². The molecule has 6 rings (SSSR count). The Labute approximate surface area is 213 Å². The Bertz CT molecular complexity index is 1520. The number of halogens is 3. The molecule has 1 amide bonds. The number of thiazole rings is 1. The van der Waals surface area contributed by atoms with Crippen LogP contribution in [0.25, 0.3) is 16.0 Å². The minimum absolute atomic E-state index is 0.242. The molecule has 0 saturated carbocycles. The summed E-state index contributed by atoms with van der Waals surface area (Å²) in [5.41, 5.74) is 4.07. The number of nitrogens with zero attached hydrogens (tertiary/aromatic N) is 4. The molecule has 2 aromatic heterocycles. The van der Waals surface area contributed by atoms with Gasteiger partial charge in [-0.15, -0.1) is 11.3 Å². The van der Waals surface area contributed by atoms with Gasteiger partial charge in [0.05, 0.1) is 31.1 Å². The number of aromatic nitrogens is 2. The van der Waals surface area contributed by atoms with Crippen LogP contribution in [0, 0.1) is 24.4 Å². The van der Waals surface area contributed by atoms with Crippen molar-refractivity contribution in [3.63, 3.8) is 0 Å². The Hall–Kier alpha value is -3.77. The zero-order valence-electron chi connectivity index (χ0n) is 19.8. The summed E-state index contributed by atoms with van der Waals surface area (Å²) in [6.07, 6.45) is 0. The minimum atomic E-state index is -1.29. The number of aryl methyl sites for hydroxylation is 1. The van der Waals surface area contributed by atoms with E-state index in [2.05, 4.69) is 10.5 Å². The Morgan fingerprint density at radius 2 is 1.86 bits per heavy atom. The molecule has 4 aromatic rings. The third kappa shape index (κ3) is 4.05. The van der Waals surface area contributed by atoms with Crippen molar-refractivity contribution in [3.8, 4) is 16.9 Å². The second kappa shape index (κ2) is 9.27. The lowest BCUT2D eigenvalue weighted by Crippen LogP contribution is -2.47. The molecule has 0 atom stereocenters. The van der Waals surface area contributed by atoms with Crippen LogP contribution in [0.2, 0.25) is 0 Å². The molecule has 0 radical (unpaired) electrons. The summed E-state index contributed by atoms with van der Waals surface area (Å²) in [7, 11) is 0. The van der Waals surface area contributed by atoms with Crippen LogP contribution >= 0.6 is 11.3 Å². The van der Waals surface area contributed by atoms with E-state index < -0.39 is 17.5 Å². The molecule has 12 heteroatoms. The standard InChI is InChI=1S/C25H22F3N5O3S/c1-14-20(16-12-15(26)13-17(27)21(16)28)25-33(29-14)24(31-6-9-35-10-7-31)22(37-25)23(34)30-32-8-11-36-19-5-3-2-4-18(19)32/h2-5,12-13H,6-11H2,1H3,(H,30,34). The van der Waals surface area contributed by atoms with E-state index in [0.29, 0.717) is 72.5 Å². The van der Waals surface area contributed by atoms with Crippen LogP contribution in [0.5, 0.6) is 5.75 Å². The fraction of sp³-hybridized carbons (Fsp3) is 0.280. The molecule has 1 saturated heterocycles. The van der Waals surface area contributed by atoms with Crippen LogP contribution in [0.15, 0.2) is 36.4 Å². The van der Waals surface area contributed by atoms with Gasteiger partial charge in [-0.2, -0.15) is 5.10 Å². The predicted octanol–water partition coefficient (Wildman–Crippen LogP) is 4.17. The van der Waals surface area contributed by atoms with Crippen molar-refractivity contribution in [2.75, 3.05) is 49.4 Å². The van der Waals surface area contributed by atoms with Crippen LogP contribution in [0.3, 0.4) is 0 Å². The molecular weight excluding hydrogens is 507 g/mol. The second-order valence-corrected chi connectivity index (χ2v) is 9.69. The van der Waals surface area contributed by atoms with Gasteiger partial charge < -0.3 is 14.4 Å². The van der Waals surface area contributed by atoms with Crippen molar-refractivity contribution in [3.05, 3.63) is 64.4 Å². The molecule has 0 unspecified atom stereocenters. The first kappa shape index (κ1) is 23.6. The van der Waals surface area contributed by atoms with E-state index in [1.54, 1.807) is 16.4 Å². The van der Waals surface area contributed by atoms with E-state index in [1.165, 1.54) is 0 Å². The third-order valence-electron chi connectivity index (χ3n) is 6.36. The van der Waals surface area contributed by atoms with Crippen LogP contribution in [-0.2, 0) is 4.74 Å². The summed E-state index contributed by atoms with van der Waals surface area (Å²) in [6.45, 7) is 4.45. The fourth-order valence-corrected chi connectivity index (χ4v) is 5.90. The fourth-order valence-electron chi connectivity index (χ4n) is 4.69. The molecular formula is C25H22F3N5O3S. The lowest BCUT2D eigenvalue weighted by atomic mass is 10.1. The van der Waals surface area contributed by atoms with Crippen molar-refractivity contribution in [2.24, 2.45) is 0 Å². The Kier molecular flexibility index (Phi) is 5.92. The number of benzene rings is 2. The predicted molar refractivity (Wildman–Crippen MR) is 133 cm³/mol. The molecule has 37 heavy (non-hydrogen) atoms. The first-order chi connectivity index (χ1) is 17.9. The molecule has 0 bridgehead atoms. The first-order valence-corrected chi connectivity index (χ1v) is 12.5. The number of rotatable bonds is 4. The summed E-state index contributed by atoms with van der Waals surface area (Å²) < 4.78 is 55.7. The van der Waals surface area contributed by atoms with Crippen molar-refractivity contribution in [2.45, 2.75) is 6.92 Å². The monoisotopic (exact) mass is 529 g/mol. The number of morpholine rings is 1. The average molecular weight is 530 g/mol. The first-order valence-electron chi connectivity index (χ1n) is 11.7. The number of hydrogen-bond acceptors (Lipinski definition) is 7. The van der Waals surface area contributed by atoms with E-state index in [9.17, 15) is 18.0 Å². The van der Waals surface area contributed by atoms with Crippen LogP contribution < -0.4 is 20.1 Å². The van der Waals surface area contributed by atoms with Crippen LogP contribution in [-0.4, -0.2) is 55.0 Å². The summed E-state index contributed by atoms with van der Waals surface area (Å²) in [6, 6.07) is 8.83. The maximum absolute atomic E-state index is 14.8. The van der Waals surface area contributed by atoms with Gasteiger partial charge in [0, 0.05) is 30.3 Å². The summed E-state index contributed by atoms with van der Waals surface area (Å²) >= 11 is 1.09. The lowest BCUT2D eigenvalue weighted by Gasteiger charge is -2.32. The second-order valence-electron chi connectivity index (χ2n) is 8.69. The summed E-state index contributed by atoms with van der Waals surface area (Å²) in [5.74, 6) is -2.57. The van der Waals surface area contributed by atoms with Crippen LogP contribution in [0.1, 0.15) is 15.4 Å². The van der Waals surface area contributed by atoms with Crippen molar-refractivity contribution in [1.82, 2.24) is 15.0 Å². The lowest BCUT2D eigenvalue weighted by molar-refractivity contribution is 0.0947. The van der Waals surface area contributed by atoms with Crippen molar-refractivity contribution in [1.29, 1.82) is 0 Å². The highest BCUT2D eigenvalue weighted by molar-refractivity contribution is 7.20. The number of para-hydroxylation sites is 2. The van der Waals surface area contributed by atoms with Crippen molar-refractivity contribution >= 4 is 33.6 Å². The van der Waals surface area contributed by atoms with Crippen LogP contribution in [0.4, 0.5) is 24.7 Å². The van der Waals surface area contributed by atoms with Gasteiger partial charge in [-0.05, 0) is 25.1 Å². The summed E-state index contributed by atoms with van der Waals surface area (Å²) in [5, 5.41) is 6.29. The highest BCUT2D eigenvalue weighted by atomic mass is 32.1. The quantitative estimate of drug-likeness (QED) is 0.401. The molecule has 0 spiro atoms. The van der Waals surface area contributed by atoms with E-state index in [0.717, 1.165) is 23.1 Å². The molecule has 2 aliphatic rings. The smallest absolute Gasteiger partial charge is 0.283 e. The maximum Gasteiger partial charge on any atom is 0.283 e. The molecule has 2 aromatic carbocycles. The molecule has 1 fully saturated rings. The molecule has 0 aliphatic carbocycles. The minimum Gasteiger partial charge on any atom is -0.489 e. The van der Waals surface area contributed by atoms with Gasteiger partial charge in [0.25, 0.3) is 5.91 Å². The Morgan fingerprint density at radius 1 is 1.08 bits per heavy atom. The van der Waals surface area contributed by atoms with Gasteiger partial charge in [-0.25, -0.2) is 17.7 Å². The number of fused-ring (bicyclic) bond motifs is 2.